The minimum atomic E-state index is -0.231. The molecule has 1 aliphatic rings. The van der Waals surface area contributed by atoms with Crippen molar-refractivity contribution in [2.24, 2.45) is 5.92 Å². The fraction of sp³-hybridized carbons (Fsp3) is 0.562. The van der Waals surface area contributed by atoms with E-state index in [0.29, 0.717) is 6.54 Å². The molecule has 1 fully saturated rings. The van der Waals surface area contributed by atoms with Crippen LogP contribution in [-0.4, -0.2) is 30.9 Å². The molecule has 5 heteroatoms. The predicted octanol–water partition coefficient (Wildman–Crippen LogP) is 3.16. The molecule has 0 radical (unpaired) electrons. The third-order valence-electron chi connectivity index (χ3n) is 3.97. The van der Waals surface area contributed by atoms with Crippen LogP contribution in [0.25, 0.3) is 0 Å². The maximum Gasteiger partial charge on any atom is 0.227 e. The number of nitrogens with one attached hydrogen (secondary N) is 1. The van der Waals surface area contributed by atoms with Crippen LogP contribution in [0, 0.1) is 11.7 Å². The Kier molecular flexibility index (Phi) is 7.12. The van der Waals surface area contributed by atoms with Gasteiger partial charge in [0.25, 0.3) is 0 Å². The molecule has 0 saturated carbocycles. The van der Waals surface area contributed by atoms with Gasteiger partial charge in [0.05, 0.1) is 6.04 Å². The fourth-order valence-electron chi connectivity index (χ4n) is 2.90. The van der Waals surface area contributed by atoms with E-state index >= 15 is 0 Å². The molecule has 1 N–H and O–H groups in total. The van der Waals surface area contributed by atoms with Crippen molar-refractivity contribution in [2.45, 2.75) is 32.2 Å². The number of nitrogens with zero attached hydrogens (tertiary/aromatic N) is 1. The van der Waals surface area contributed by atoms with E-state index in [1.165, 1.54) is 12.1 Å². The average Bonchev–Trinajstić information content (AvgIpc) is 2.47. The van der Waals surface area contributed by atoms with Crippen LogP contribution in [-0.2, 0) is 4.79 Å². The standard InChI is InChI=1S/C16H23FN2O.ClH/c1-12(11-18-2)16(20)19-10-4-3-5-15(19)13-6-8-14(17)9-7-13;/h6-9,12,15,18H,3-5,10-11H2,1-2H3;1H. The molecule has 1 aromatic carbocycles. The van der Waals surface area contributed by atoms with Gasteiger partial charge < -0.3 is 10.2 Å². The lowest BCUT2D eigenvalue weighted by molar-refractivity contribution is -0.138. The highest BCUT2D eigenvalue weighted by Gasteiger charge is 2.30. The van der Waals surface area contributed by atoms with Gasteiger partial charge in [-0.2, -0.15) is 0 Å². The van der Waals surface area contributed by atoms with Crippen LogP contribution < -0.4 is 5.32 Å². The first-order valence-electron chi connectivity index (χ1n) is 7.34. The van der Waals surface area contributed by atoms with Gasteiger partial charge in [-0.25, -0.2) is 4.39 Å². The first-order valence-corrected chi connectivity index (χ1v) is 7.34. The summed E-state index contributed by atoms with van der Waals surface area (Å²) < 4.78 is 13.0. The molecule has 3 nitrogen and oxygen atoms in total. The Morgan fingerprint density at radius 2 is 2.05 bits per heavy atom. The first kappa shape index (κ1) is 17.9. The lowest BCUT2D eigenvalue weighted by Gasteiger charge is -2.37. The molecule has 2 rings (SSSR count). The molecule has 0 aromatic heterocycles. The first-order chi connectivity index (χ1) is 9.63. The van der Waals surface area contributed by atoms with E-state index in [2.05, 4.69) is 5.32 Å². The minimum absolute atomic E-state index is 0. The summed E-state index contributed by atoms with van der Waals surface area (Å²) >= 11 is 0. The molecule has 21 heavy (non-hydrogen) atoms. The third kappa shape index (κ3) is 4.42. The Bertz CT molecular complexity index is 452. The lowest BCUT2D eigenvalue weighted by atomic mass is 9.93. The molecule has 1 heterocycles. The van der Waals surface area contributed by atoms with E-state index in [-0.39, 0.29) is 36.1 Å². The summed E-state index contributed by atoms with van der Waals surface area (Å²) in [4.78, 5) is 14.5. The third-order valence-corrected chi connectivity index (χ3v) is 3.97. The topological polar surface area (TPSA) is 32.3 Å². The zero-order valence-corrected chi connectivity index (χ0v) is 13.5. The molecule has 0 aliphatic carbocycles. The van der Waals surface area contributed by atoms with Gasteiger partial charge in [0, 0.05) is 19.0 Å². The number of hydrogen-bond acceptors (Lipinski definition) is 2. The summed E-state index contributed by atoms with van der Waals surface area (Å²) in [6, 6.07) is 6.65. The number of benzene rings is 1. The maximum atomic E-state index is 13.0. The van der Waals surface area contributed by atoms with Crippen LogP contribution in [0.1, 0.15) is 37.8 Å². The van der Waals surface area contributed by atoms with E-state index in [1.54, 1.807) is 12.1 Å². The van der Waals surface area contributed by atoms with Crippen molar-refractivity contribution < 1.29 is 9.18 Å². The predicted molar refractivity (Wildman–Crippen MR) is 85.0 cm³/mol. The SMILES string of the molecule is CNCC(C)C(=O)N1CCCCC1c1ccc(F)cc1.Cl. The minimum Gasteiger partial charge on any atom is -0.335 e. The summed E-state index contributed by atoms with van der Waals surface area (Å²) in [7, 11) is 1.86. The monoisotopic (exact) mass is 314 g/mol. The number of amides is 1. The second-order valence-electron chi connectivity index (χ2n) is 5.55. The van der Waals surface area contributed by atoms with Gasteiger partial charge in [0.15, 0.2) is 0 Å². The summed E-state index contributed by atoms with van der Waals surface area (Å²) in [5.74, 6) is -0.0691. The van der Waals surface area contributed by atoms with Gasteiger partial charge in [-0.15, -0.1) is 12.4 Å². The van der Waals surface area contributed by atoms with Gasteiger partial charge in [-0.05, 0) is 44.0 Å². The maximum absolute atomic E-state index is 13.0. The summed E-state index contributed by atoms with van der Waals surface area (Å²) in [6.07, 6.45) is 3.13. The zero-order chi connectivity index (χ0) is 14.5. The number of carbonyl (C=O) groups is 1. The second kappa shape index (κ2) is 8.35. The summed E-state index contributed by atoms with van der Waals surface area (Å²) in [5.41, 5.74) is 1.04. The van der Waals surface area contributed by atoms with Crippen LogP contribution in [0.15, 0.2) is 24.3 Å². The zero-order valence-electron chi connectivity index (χ0n) is 12.6. The molecule has 118 valence electrons. The highest BCUT2D eigenvalue weighted by molar-refractivity contribution is 5.85. The fourth-order valence-corrected chi connectivity index (χ4v) is 2.90. The Morgan fingerprint density at radius 3 is 2.67 bits per heavy atom. The van der Waals surface area contributed by atoms with Crippen molar-refractivity contribution in [1.29, 1.82) is 0 Å². The van der Waals surface area contributed by atoms with Gasteiger partial charge in [0.2, 0.25) is 5.91 Å². The number of hydrogen-bond donors (Lipinski definition) is 1. The molecule has 1 saturated heterocycles. The van der Waals surface area contributed by atoms with Crippen molar-refractivity contribution >= 4 is 18.3 Å². The Labute approximate surface area is 132 Å². The molecule has 1 aromatic rings. The molecule has 0 spiro atoms. The van der Waals surface area contributed by atoms with E-state index in [4.69, 9.17) is 0 Å². The number of rotatable bonds is 4. The normalized spacial score (nSPS) is 19.8. The van der Waals surface area contributed by atoms with Crippen molar-refractivity contribution in [3.63, 3.8) is 0 Å². The molecule has 1 aliphatic heterocycles. The highest BCUT2D eigenvalue weighted by atomic mass is 35.5. The van der Waals surface area contributed by atoms with E-state index < -0.39 is 0 Å². The number of piperidine rings is 1. The molecule has 2 atom stereocenters. The second-order valence-corrected chi connectivity index (χ2v) is 5.55. The number of halogens is 2. The molecule has 2 unspecified atom stereocenters. The van der Waals surface area contributed by atoms with Gasteiger partial charge >= 0.3 is 0 Å². The molecular formula is C16H24ClFN2O. The lowest BCUT2D eigenvalue weighted by Crippen LogP contribution is -2.43. The van der Waals surface area contributed by atoms with Gasteiger partial charge in [-0.3, -0.25) is 4.79 Å². The highest BCUT2D eigenvalue weighted by Crippen LogP contribution is 2.32. The largest absolute Gasteiger partial charge is 0.335 e. The van der Waals surface area contributed by atoms with Gasteiger partial charge in [0.1, 0.15) is 5.82 Å². The molecular weight excluding hydrogens is 291 g/mol. The van der Waals surface area contributed by atoms with Crippen LogP contribution in [0.3, 0.4) is 0 Å². The summed E-state index contributed by atoms with van der Waals surface area (Å²) in [5, 5.41) is 3.05. The van der Waals surface area contributed by atoms with E-state index in [1.807, 2.05) is 18.9 Å². The quantitative estimate of drug-likeness (QED) is 0.926. The van der Waals surface area contributed by atoms with E-state index in [0.717, 1.165) is 31.4 Å². The van der Waals surface area contributed by atoms with Crippen molar-refractivity contribution in [1.82, 2.24) is 10.2 Å². The molecule has 1 amide bonds. The summed E-state index contributed by atoms with van der Waals surface area (Å²) in [6.45, 7) is 3.44. The number of likely N-dealkylation sites (tertiary alicyclic amines) is 1. The Balaban J connectivity index is 0.00000220. The van der Waals surface area contributed by atoms with Crippen LogP contribution in [0.5, 0.6) is 0 Å². The van der Waals surface area contributed by atoms with Crippen LogP contribution in [0.2, 0.25) is 0 Å². The Hall–Kier alpha value is -1.13. The Morgan fingerprint density at radius 1 is 1.38 bits per heavy atom. The van der Waals surface area contributed by atoms with Crippen LogP contribution in [0.4, 0.5) is 4.39 Å². The molecule has 0 bridgehead atoms. The van der Waals surface area contributed by atoms with Crippen molar-refractivity contribution in [3.8, 4) is 0 Å². The van der Waals surface area contributed by atoms with Crippen molar-refractivity contribution in [2.75, 3.05) is 20.1 Å². The van der Waals surface area contributed by atoms with Gasteiger partial charge in [-0.1, -0.05) is 19.1 Å². The van der Waals surface area contributed by atoms with Crippen LogP contribution >= 0.6 is 12.4 Å². The average molecular weight is 315 g/mol. The smallest absolute Gasteiger partial charge is 0.227 e. The van der Waals surface area contributed by atoms with E-state index in [9.17, 15) is 9.18 Å². The van der Waals surface area contributed by atoms with Crippen molar-refractivity contribution in [3.05, 3.63) is 35.6 Å². The number of carbonyl (C=O) groups excluding carboxylic acids is 1.